The highest BCUT2D eigenvalue weighted by Crippen LogP contribution is 2.56. The van der Waals surface area contributed by atoms with Gasteiger partial charge in [0.1, 0.15) is 35.9 Å². The van der Waals surface area contributed by atoms with E-state index in [1.54, 1.807) is 0 Å². The van der Waals surface area contributed by atoms with Gasteiger partial charge in [-0.25, -0.2) is 9.59 Å². The van der Waals surface area contributed by atoms with E-state index in [0.717, 1.165) is 29.0 Å². The third-order valence-electron chi connectivity index (χ3n) is 10.9. The molecule has 62 heavy (non-hydrogen) atoms. The molecule has 0 heterocycles. The fourth-order valence-corrected chi connectivity index (χ4v) is 8.08. The molecule has 0 amide bonds. The second-order valence-electron chi connectivity index (χ2n) is 18.4. The quantitative estimate of drug-likeness (QED) is 0.0485. The lowest BCUT2D eigenvalue weighted by Gasteiger charge is -2.35. The van der Waals surface area contributed by atoms with Crippen molar-refractivity contribution in [3.8, 4) is 22.6 Å². The molecular formula is C52H64O10. The predicted molar refractivity (Wildman–Crippen MR) is 241 cm³/mol. The topological polar surface area (TPSA) is 130 Å². The SMILES string of the molecule is C=CC(=O)OCC(O)CC(C)(C)OCCC(C)(C)Oc1ccc(C2(c3ccc(OC(C)(C)COC(C)(C)CC(O)COC(=O)C=C)cc3)c3ccccc3-c3ccccc32)cc1. The van der Waals surface area contributed by atoms with Gasteiger partial charge in [-0.15, -0.1) is 0 Å². The van der Waals surface area contributed by atoms with E-state index in [9.17, 15) is 19.8 Å². The summed E-state index contributed by atoms with van der Waals surface area (Å²) in [6.07, 6.45) is 1.54. The van der Waals surface area contributed by atoms with Crippen molar-refractivity contribution < 1.29 is 48.2 Å². The summed E-state index contributed by atoms with van der Waals surface area (Å²) < 4.78 is 35.5. The van der Waals surface area contributed by atoms with Gasteiger partial charge in [-0.3, -0.25) is 0 Å². The molecule has 0 bridgehead atoms. The number of esters is 2. The summed E-state index contributed by atoms with van der Waals surface area (Å²) in [5.74, 6) is 0.265. The van der Waals surface area contributed by atoms with Gasteiger partial charge in [-0.2, -0.15) is 0 Å². The predicted octanol–water partition coefficient (Wildman–Crippen LogP) is 9.31. The van der Waals surface area contributed by atoms with Gasteiger partial charge in [0.15, 0.2) is 0 Å². The molecule has 5 rings (SSSR count). The average Bonchev–Trinajstić information content (AvgIpc) is 3.52. The van der Waals surface area contributed by atoms with Gasteiger partial charge in [0, 0.05) is 31.4 Å². The Bertz CT molecular complexity index is 2100. The molecule has 0 aliphatic heterocycles. The first-order valence-corrected chi connectivity index (χ1v) is 21.2. The molecule has 1 aliphatic carbocycles. The molecule has 2 atom stereocenters. The van der Waals surface area contributed by atoms with Crippen LogP contribution in [0, 0.1) is 0 Å². The number of rotatable bonds is 23. The fraction of sp³-hybridized carbons (Fsp3) is 0.423. The largest absolute Gasteiger partial charge is 0.488 e. The first-order chi connectivity index (χ1) is 29.2. The molecule has 2 N–H and O–H groups in total. The molecule has 0 spiro atoms. The molecule has 1 aliphatic rings. The summed E-state index contributed by atoms with van der Waals surface area (Å²) >= 11 is 0. The van der Waals surface area contributed by atoms with Gasteiger partial charge in [-0.1, -0.05) is 86.0 Å². The smallest absolute Gasteiger partial charge is 0.330 e. The Morgan fingerprint density at radius 2 is 0.984 bits per heavy atom. The molecule has 10 nitrogen and oxygen atoms in total. The molecule has 0 radical (unpaired) electrons. The van der Waals surface area contributed by atoms with E-state index in [0.29, 0.717) is 25.2 Å². The lowest BCUT2D eigenvalue weighted by Crippen LogP contribution is -2.40. The van der Waals surface area contributed by atoms with Gasteiger partial charge in [0.05, 0.1) is 42.0 Å². The van der Waals surface area contributed by atoms with Crippen LogP contribution in [-0.2, 0) is 34.0 Å². The van der Waals surface area contributed by atoms with Gasteiger partial charge < -0.3 is 38.6 Å². The van der Waals surface area contributed by atoms with E-state index < -0.39 is 52.0 Å². The van der Waals surface area contributed by atoms with Crippen molar-refractivity contribution in [2.24, 2.45) is 0 Å². The highest BCUT2D eigenvalue weighted by atomic mass is 16.6. The van der Waals surface area contributed by atoms with Crippen LogP contribution in [0.4, 0.5) is 0 Å². The maximum absolute atomic E-state index is 11.4. The van der Waals surface area contributed by atoms with Gasteiger partial charge in [0.25, 0.3) is 0 Å². The number of hydrogen-bond donors (Lipinski definition) is 2. The molecule has 2 unspecified atom stereocenters. The van der Waals surface area contributed by atoms with Crippen LogP contribution in [0.25, 0.3) is 11.1 Å². The number of benzene rings is 4. The molecule has 332 valence electrons. The highest BCUT2D eigenvalue weighted by molar-refractivity contribution is 5.86. The van der Waals surface area contributed by atoms with Crippen molar-refractivity contribution >= 4 is 11.9 Å². The second-order valence-corrected chi connectivity index (χ2v) is 18.4. The summed E-state index contributed by atoms with van der Waals surface area (Å²) in [5, 5.41) is 20.8. The zero-order chi connectivity index (χ0) is 45.3. The number of aliphatic hydroxyl groups excluding tert-OH is 2. The van der Waals surface area contributed by atoms with E-state index in [-0.39, 0.29) is 26.2 Å². The fourth-order valence-electron chi connectivity index (χ4n) is 8.08. The average molecular weight is 849 g/mol. The molecule has 10 heteroatoms. The van der Waals surface area contributed by atoms with Crippen molar-refractivity contribution in [1.82, 2.24) is 0 Å². The van der Waals surface area contributed by atoms with E-state index in [1.165, 1.54) is 22.3 Å². The molecule has 0 aromatic heterocycles. The van der Waals surface area contributed by atoms with Crippen molar-refractivity contribution in [2.75, 3.05) is 26.4 Å². The van der Waals surface area contributed by atoms with Crippen molar-refractivity contribution in [1.29, 1.82) is 0 Å². The second kappa shape index (κ2) is 19.8. The normalized spacial score (nSPS) is 14.5. The number of fused-ring (bicyclic) bond motifs is 3. The number of aliphatic hydroxyl groups is 2. The summed E-state index contributed by atoms with van der Waals surface area (Å²) in [6, 6.07) is 33.8. The Morgan fingerprint density at radius 3 is 1.42 bits per heavy atom. The summed E-state index contributed by atoms with van der Waals surface area (Å²) in [5.41, 5.74) is 3.66. The minimum atomic E-state index is -0.888. The number of hydrogen-bond acceptors (Lipinski definition) is 10. The van der Waals surface area contributed by atoms with E-state index >= 15 is 0 Å². The summed E-state index contributed by atoms with van der Waals surface area (Å²) in [7, 11) is 0. The summed E-state index contributed by atoms with van der Waals surface area (Å²) in [4.78, 5) is 22.8. The maximum atomic E-state index is 11.4. The molecule has 4 aromatic rings. The lowest BCUT2D eigenvalue weighted by molar-refractivity contribution is -0.143. The number of carbonyl (C=O) groups is 2. The molecule has 0 saturated carbocycles. The highest BCUT2D eigenvalue weighted by Gasteiger charge is 2.46. The lowest BCUT2D eigenvalue weighted by atomic mass is 9.67. The molecule has 0 saturated heterocycles. The van der Waals surface area contributed by atoms with Crippen LogP contribution in [-0.4, -0.2) is 83.2 Å². The van der Waals surface area contributed by atoms with Crippen LogP contribution in [0.5, 0.6) is 11.5 Å². The Hall–Kier alpha value is -5.26. The monoisotopic (exact) mass is 848 g/mol. The minimum absolute atomic E-state index is 0.122. The Labute approximate surface area is 367 Å². The Balaban J connectivity index is 1.32. The van der Waals surface area contributed by atoms with E-state index in [4.69, 9.17) is 28.4 Å². The number of carbonyl (C=O) groups excluding carboxylic acids is 2. The summed E-state index contributed by atoms with van der Waals surface area (Å²) in [6.45, 7) is 22.7. The molecule has 4 aromatic carbocycles. The van der Waals surface area contributed by atoms with Gasteiger partial charge >= 0.3 is 11.9 Å². The van der Waals surface area contributed by atoms with Crippen LogP contribution in [0.2, 0.25) is 0 Å². The van der Waals surface area contributed by atoms with Crippen molar-refractivity contribution in [2.45, 2.75) is 115 Å². The van der Waals surface area contributed by atoms with E-state index in [1.807, 2.05) is 79.7 Å². The maximum Gasteiger partial charge on any atom is 0.330 e. The van der Waals surface area contributed by atoms with Crippen molar-refractivity contribution in [3.63, 3.8) is 0 Å². The van der Waals surface area contributed by atoms with Crippen LogP contribution < -0.4 is 9.47 Å². The van der Waals surface area contributed by atoms with Gasteiger partial charge in [-0.05, 0) is 113 Å². The molecule has 0 fully saturated rings. The zero-order valence-corrected chi connectivity index (χ0v) is 37.6. The third-order valence-corrected chi connectivity index (χ3v) is 10.9. The standard InChI is InChI=1S/C52H64O10/c1-11-46(55)57-33-38(53)31-49(5,6)59-30-29-48(3,4)61-40-25-21-36(22-26-40)52(44-19-15-13-17-42(44)43-18-14-16-20-45(43)52)37-23-27-41(28-24-37)62-51(9,10)35-60-50(7,8)32-39(54)34-58-47(56)12-2/h11-28,38-39,53-54H,1-2,29-35H2,3-10H3. The number of ether oxygens (including phenoxy) is 6. The molecular weight excluding hydrogens is 785 g/mol. The first kappa shape index (κ1) is 47.8. The van der Waals surface area contributed by atoms with E-state index in [2.05, 4.69) is 86.0 Å². The van der Waals surface area contributed by atoms with Crippen LogP contribution in [0.15, 0.2) is 122 Å². The van der Waals surface area contributed by atoms with Crippen LogP contribution in [0.1, 0.15) is 96.9 Å². The van der Waals surface area contributed by atoms with Crippen LogP contribution >= 0.6 is 0 Å². The van der Waals surface area contributed by atoms with Crippen LogP contribution in [0.3, 0.4) is 0 Å². The first-order valence-electron chi connectivity index (χ1n) is 21.2. The van der Waals surface area contributed by atoms with Crippen molar-refractivity contribution in [3.05, 3.63) is 145 Å². The Morgan fingerprint density at radius 1 is 0.581 bits per heavy atom. The zero-order valence-electron chi connectivity index (χ0n) is 37.6. The Kier molecular flexibility index (Phi) is 15.3. The minimum Gasteiger partial charge on any atom is -0.488 e. The van der Waals surface area contributed by atoms with Gasteiger partial charge in [0.2, 0.25) is 0 Å². The third kappa shape index (κ3) is 12.2.